The van der Waals surface area contributed by atoms with Crippen LogP contribution in [0.1, 0.15) is 5.56 Å². The summed E-state index contributed by atoms with van der Waals surface area (Å²) in [6, 6.07) is 14.2. The molecule has 0 N–H and O–H groups in total. The van der Waals surface area contributed by atoms with Crippen LogP contribution in [0.15, 0.2) is 54.9 Å². The molecule has 90 valence electrons. The Bertz CT molecular complexity index is 803. The van der Waals surface area contributed by atoms with Crippen LogP contribution in [0.25, 0.3) is 21.9 Å². The fraction of sp³-hybridized carbons (Fsp3) is 0. The number of benzene rings is 2. The lowest BCUT2D eigenvalue weighted by Crippen LogP contribution is -1.86. The molecule has 2 aromatic carbocycles. The Labute approximate surface area is 109 Å². The molecule has 0 bridgehead atoms. The molecule has 2 nitrogen and oxygen atoms in total. The van der Waals surface area contributed by atoms with Crippen molar-refractivity contribution in [1.29, 1.82) is 5.26 Å². The van der Waals surface area contributed by atoms with E-state index in [1.54, 1.807) is 24.4 Å². The van der Waals surface area contributed by atoms with E-state index in [9.17, 15) is 4.39 Å². The highest BCUT2D eigenvalue weighted by Gasteiger charge is 2.06. The topological polar surface area (TPSA) is 36.7 Å². The van der Waals surface area contributed by atoms with Gasteiger partial charge in [0.25, 0.3) is 0 Å². The van der Waals surface area contributed by atoms with Crippen molar-refractivity contribution in [2.75, 3.05) is 0 Å². The molecule has 3 rings (SSSR count). The van der Waals surface area contributed by atoms with E-state index in [0.29, 0.717) is 11.1 Å². The standard InChI is InChI=1S/C16H9FN2/c17-16-4-2-1-3-15(16)11-5-6-14-12(7-11)9-19-10-13(14)8-18/h1-7,9-10H. The van der Waals surface area contributed by atoms with E-state index >= 15 is 0 Å². The fourth-order valence-corrected chi connectivity index (χ4v) is 2.13. The zero-order chi connectivity index (χ0) is 13.2. The molecule has 3 heteroatoms. The SMILES string of the molecule is N#Cc1cncc2cc(-c3ccccc3F)ccc12. The lowest BCUT2D eigenvalue weighted by molar-refractivity contribution is 0.631. The molecule has 0 spiro atoms. The van der Waals surface area contributed by atoms with Gasteiger partial charge in [-0.1, -0.05) is 30.3 Å². The van der Waals surface area contributed by atoms with E-state index in [0.717, 1.165) is 16.3 Å². The van der Waals surface area contributed by atoms with E-state index in [4.69, 9.17) is 5.26 Å². The van der Waals surface area contributed by atoms with Gasteiger partial charge in [-0.2, -0.15) is 5.26 Å². The maximum atomic E-state index is 13.8. The zero-order valence-electron chi connectivity index (χ0n) is 9.97. The summed E-state index contributed by atoms with van der Waals surface area (Å²) >= 11 is 0. The fourth-order valence-electron chi connectivity index (χ4n) is 2.13. The zero-order valence-corrected chi connectivity index (χ0v) is 9.97. The van der Waals surface area contributed by atoms with Crippen LogP contribution in [-0.4, -0.2) is 4.98 Å². The number of rotatable bonds is 1. The predicted molar refractivity (Wildman–Crippen MR) is 71.9 cm³/mol. The molecular formula is C16H9FN2. The van der Waals surface area contributed by atoms with Crippen molar-refractivity contribution in [3.8, 4) is 17.2 Å². The van der Waals surface area contributed by atoms with Gasteiger partial charge in [-0.05, 0) is 17.7 Å². The third-order valence-corrected chi connectivity index (χ3v) is 3.06. The monoisotopic (exact) mass is 248 g/mol. The average molecular weight is 248 g/mol. The van der Waals surface area contributed by atoms with Gasteiger partial charge in [-0.25, -0.2) is 4.39 Å². The summed E-state index contributed by atoms with van der Waals surface area (Å²) in [6.07, 6.45) is 3.21. The predicted octanol–water partition coefficient (Wildman–Crippen LogP) is 3.91. The highest BCUT2D eigenvalue weighted by atomic mass is 19.1. The highest BCUT2D eigenvalue weighted by molar-refractivity contribution is 5.90. The molecule has 0 aliphatic carbocycles. The Morgan fingerprint density at radius 3 is 2.68 bits per heavy atom. The van der Waals surface area contributed by atoms with Crippen molar-refractivity contribution in [3.05, 3.63) is 66.2 Å². The summed E-state index contributed by atoms with van der Waals surface area (Å²) in [7, 11) is 0. The largest absolute Gasteiger partial charge is 0.263 e. The summed E-state index contributed by atoms with van der Waals surface area (Å²) in [5.41, 5.74) is 1.85. The quantitative estimate of drug-likeness (QED) is 0.654. The Morgan fingerprint density at radius 1 is 1.05 bits per heavy atom. The van der Waals surface area contributed by atoms with E-state index in [1.807, 2.05) is 18.2 Å². The molecule has 0 fully saturated rings. The Hall–Kier alpha value is -2.73. The minimum atomic E-state index is -0.258. The van der Waals surface area contributed by atoms with Crippen molar-refractivity contribution < 1.29 is 4.39 Å². The van der Waals surface area contributed by atoms with Crippen LogP contribution in [0.4, 0.5) is 4.39 Å². The number of halogens is 1. The van der Waals surface area contributed by atoms with Crippen LogP contribution in [0.3, 0.4) is 0 Å². The van der Waals surface area contributed by atoms with E-state index in [-0.39, 0.29) is 5.82 Å². The average Bonchev–Trinajstić information content (AvgIpc) is 2.46. The van der Waals surface area contributed by atoms with Gasteiger partial charge in [0, 0.05) is 28.7 Å². The van der Waals surface area contributed by atoms with Gasteiger partial charge in [0.05, 0.1) is 5.56 Å². The molecule has 0 radical (unpaired) electrons. The lowest BCUT2D eigenvalue weighted by atomic mass is 10.0. The summed E-state index contributed by atoms with van der Waals surface area (Å²) in [6.45, 7) is 0. The van der Waals surface area contributed by atoms with E-state index in [2.05, 4.69) is 11.1 Å². The molecule has 1 aromatic heterocycles. The summed E-state index contributed by atoms with van der Waals surface area (Å²) < 4.78 is 13.8. The molecule has 1 heterocycles. The minimum absolute atomic E-state index is 0.258. The molecule has 0 saturated carbocycles. The third-order valence-electron chi connectivity index (χ3n) is 3.06. The Balaban J connectivity index is 2.24. The van der Waals surface area contributed by atoms with Gasteiger partial charge in [-0.3, -0.25) is 4.98 Å². The molecule has 0 aliphatic heterocycles. The molecule has 19 heavy (non-hydrogen) atoms. The van der Waals surface area contributed by atoms with E-state index < -0.39 is 0 Å². The van der Waals surface area contributed by atoms with Crippen LogP contribution >= 0.6 is 0 Å². The Morgan fingerprint density at radius 2 is 1.89 bits per heavy atom. The number of fused-ring (bicyclic) bond motifs is 1. The van der Waals surface area contributed by atoms with Gasteiger partial charge in [0.2, 0.25) is 0 Å². The molecular weight excluding hydrogens is 239 g/mol. The van der Waals surface area contributed by atoms with Crippen LogP contribution in [0.5, 0.6) is 0 Å². The van der Waals surface area contributed by atoms with Crippen LogP contribution in [-0.2, 0) is 0 Å². The third kappa shape index (κ3) is 1.94. The smallest absolute Gasteiger partial charge is 0.131 e. The summed E-state index contributed by atoms with van der Waals surface area (Å²) in [5.74, 6) is -0.258. The van der Waals surface area contributed by atoms with Crippen LogP contribution < -0.4 is 0 Å². The van der Waals surface area contributed by atoms with Crippen molar-refractivity contribution in [2.45, 2.75) is 0 Å². The first-order valence-electron chi connectivity index (χ1n) is 5.82. The van der Waals surface area contributed by atoms with Crippen molar-refractivity contribution in [1.82, 2.24) is 4.98 Å². The molecule has 0 saturated heterocycles. The number of nitriles is 1. The van der Waals surface area contributed by atoms with Crippen molar-refractivity contribution in [2.24, 2.45) is 0 Å². The minimum Gasteiger partial charge on any atom is -0.263 e. The molecule has 0 amide bonds. The first-order chi connectivity index (χ1) is 9.29. The molecule has 0 atom stereocenters. The second-order valence-electron chi connectivity index (χ2n) is 4.21. The number of hydrogen-bond acceptors (Lipinski definition) is 2. The van der Waals surface area contributed by atoms with Crippen LogP contribution in [0, 0.1) is 17.1 Å². The van der Waals surface area contributed by atoms with Gasteiger partial charge in [-0.15, -0.1) is 0 Å². The maximum Gasteiger partial charge on any atom is 0.131 e. The number of aromatic nitrogens is 1. The molecule has 0 unspecified atom stereocenters. The number of pyridine rings is 1. The first kappa shape index (κ1) is 11.4. The number of hydrogen-bond donors (Lipinski definition) is 0. The first-order valence-corrected chi connectivity index (χ1v) is 5.82. The van der Waals surface area contributed by atoms with Gasteiger partial charge >= 0.3 is 0 Å². The van der Waals surface area contributed by atoms with Crippen molar-refractivity contribution in [3.63, 3.8) is 0 Å². The normalized spacial score (nSPS) is 10.3. The molecule has 0 aliphatic rings. The lowest BCUT2D eigenvalue weighted by Gasteiger charge is -2.05. The van der Waals surface area contributed by atoms with Crippen molar-refractivity contribution >= 4 is 10.8 Å². The van der Waals surface area contributed by atoms with Gasteiger partial charge in [0.15, 0.2) is 0 Å². The van der Waals surface area contributed by atoms with Crippen LogP contribution in [0.2, 0.25) is 0 Å². The van der Waals surface area contributed by atoms with E-state index in [1.165, 1.54) is 12.3 Å². The van der Waals surface area contributed by atoms with Gasteiger partial charge in [0.1, 0.15) is 11.9 Å². The summed E-state index contributed by atoms with van der Waals surface area (Å²) in [4.78, 5) is 4.02. The Kier molecular flexibility index (Phi) is 2.70. The number of nitrogens with zero attached hydrogens (tertiary/aromatic N) is 2. The second kappa shape index (κ2) is 4.51. The van der Waals surface area contributed by atoms with Gasteiger partial charge < -0.3 is 0 Å². The summed E-state index contributed by atoms with van der Waals surface area (Å²) in [5, 5.41) is 10.7. The maximum absolute atomic E-state index is 13.8. The second-order valence-corrected chi connectivity index (χ2v) is 4.21. The highest BCUT2D eigenvalue weighted by Crippen LogP contribution is 2.27. The molecule has 3 aromatic rings.